The molecule has 40 heavy (non-hydrogen) atoms. The Hall–Kier alpha value is -3.90. The smallest absolute Gasteiger partial charge is 0.290 e. The summed E-state index contributed by atoms with van der Waals surface area (Å²) in [5.41, 5.74) is 1.16. The molecular formula is C28H37N5O6Si. The molecule has 12 heteroatoms. The molecule has 2 aromatic heterocycles. The van der Waals surface area contributed by atoms with Gasteiger partial charge in [0, 0.05) is 25.1 Å². The maximum atomic E-state index is 13.0. The fraction of sp³-hybridized carbons (Fsp3) is 0.429. The van der Waals surface area contributed by atoms with Crippen molar-refractivity contribution < 1.29 is 28.2 Å². The Morgan fingerprint density at radius 1 is 1.12 bits per heavy atom. The third-order valence-electron chi connectivity index (χ3n) is 6.79. The van der Waals surface area contributed by atoms with E-state index in [-0.39, 0.29) is 41.8 Å². The number of nitrogens with zero attached hydrogens (tertiary/aromatic N) is 3. The van der Waals surface area contributed by atoms with Crippen molar-refractivity contribution in [1.29, 1.82) is 0 Å². The second kappa shape index (κ2) is 12.1. The van der Waals surface area contributed by atoms with Crippen molar-refractivity contribution in [3.05, 3.63) is 41.7 Å². The second-order valence-electron chi connectivity index (χ2n) is 10.7. The SMILES string of the molecule is CNC1CCN(c2nc(OC)c(NC(=O)Cc3ccc(Oc4cc([Si](C)(C)C)ccc4C)o3)c(OC)n2)C(=O)C1. The van der Waals surface area contributed by atoms with Crippen LogP contribution in [0.1, 0.15) is 24.2 Å². The summed E-state index contributed by atoms with van der Waals surface area (Å²) in [6.07, 6.45) is 1.02. The number of anilines is 2. The molecule has 214 valence electrons. The van der Waals surface area contributed by atoms with Gasteiger partial charge in [0.15, 0.2) is 5.69 Å². The minimum absolute atomic E-state index is 0.0681. The van der Waals surface area contributed by atoms with Crippen molar-refractivity contribution >= 4 is 36.7 Å². The number of amides is 2. The first-order valence-electron chi connectivity index (χ1n) is 13.2. The minimum Gasteiger partial charge on any atom is -0.479 e. The number of rotatable bonds is 10. The number of carbonyl (C=O) groups excluding carboxylic acids is 2. The highest BCUT2D eigenvalue weighted by Crippen LogP contribution is 2.34. The molecule has 4 rings (SSSR count). The first kappa shape index (κ1) is 29.1. The number of furan rings is 1. The Labute approximate surface area is 235 Å². The summed E-state index contributed by atoms with van der Waals surface area (Å²) >= 11 is 0. The van der Waals surface area contributed by atoms with Crippen LogP contribution in [0.4, 0.5) is 11.6 Å². The average Bonchev–Trinajstić information content (AvgIpc) is 3.35. The Bertz CT molecular complexity index is 1360. The van der Waals surface area contributed by atoms with E-state index in [1.807, 2.05) is 14.0 Å². The summed E-state index contributed by atoms with van der Waals surface area (Å²) in [6.45, 7) is 9.27. The first-order chi connectivity index (χ1) is 19.0. The van der Waals surface area contributed by atoms with Crippen LogP contribution in [0.2, 0.25) is 19.6 Å². The second-order valence-corrected chi connectivity index (χ2v) is 15.8. The van der Waals surface area contributed by atoms with Crippen LogP contribution < -0.4 is 34.9 Å². The van der Waals surface area contributed by atoms with Gasteiger partial charge in [-0.2, -0.15) is 9.97 Å². The molecule has 0 spiro atoms. The predicted octanol–water partition coefficient (Wildman–Crippen LogP) is 3.63. The molecule has 1 saturated heterocycles. The normalized spacial score (nSPS) is 15.6. The number of benzene rings is 1. The third-order valence-corrected chi connectivity index (χ3v) is 8.83. The number of carbonyl (C=O) groups is 2. The van der Waals surface area contributed by atoms with Gasteiger partial charge in [-0.3, -0.25) is 14.5 Å². The van der Waals surface area contributed by atoms with Crippen LogP contribution in [0.25, 0.3) is 0 Å². The Morgan fingerprint density at radius 3 is 2.42 bits per heavy atom. The van der Waals surface area contributed by atoms with E-state index < -0.39 is 14.0 Å². The van der Waals surface area contributed by atoms with Crippen molar-refractivity contribution in [3.63, 3.8) is 0 Å². The van der Waals surface area contributed by atoms with Gasteiger partial charge in [0.25, 0.3) is 5.95 Å². The summed E-state index contributed by atoms with van der Waals surface area (Å²) in [7, 11) is 3.16. The van der Waals surface area contributed by atoms with E-state index in [1.54, 1.807) is 12.1 Å². The molecule has 1 aliphatic rings. The maximum absolute atomic E-state index is 13.0. The van der Waals surface area contributed by atoms with E-state index in [9.17, 15) is 9.59 Å². The fourth-order valence-electron chi connectivity index (χ4n) is 4.36. The van der Waals surface area contributed by atoms with Crippen LogP contribution in [-0.4, -0.2) is 63.7 Å². The lowest BCUT2D eigenvalue weighted by Gasteiger charge is -2.30. The Kier molecular flexibility index (Phi) is 8.79. The molecule has 1 atom stereocenters. The van der Waals surface area contributed by atoms with Crippen molar-refractivity contribution in [3.8, 4) is 23.5 Å². The van der Waals surface area contributed by atoms with Crippen LogP contribution in [0.3, 0.4) is 0 Å². The summed E-state index contributed by atoms with van der Waals surface area (Å²) in [5.74, 6) is 1.27. The van der Waals surface area contributed by atoms with Crippen molar-refractivity contribution in [2.75, 3.05) is 38.0 Å². The lowest BCUT2D eigenvalue weighted by molar-refractivity contribution is -0.120. The van der Waals surface area contributed by atoms with Gasteiger partial charge in [-0.15, -0.1) is 0 Å². The number of hydrogen-bond donors (Lipinski definition) is 2. The van der Waals surface area contributed by atoms with Gasteiger partial charge in [-0.1, -0.05) is 37.0 Å². The molecule has 2 N–H and O–H groups in total. The zero-order valence-electron chi connectivity index (χ0n) is 24.1. The first-order valence-corrected chi connectivity index (χ1v) is 16.7. The molecule has 1 unspecified atom stereocenters. The van der Waals surface area contributed by atoms with E-state index in [0.717, 1.165) is 17.7 Å². The van der Waals surface area contributed by atoms with Crippen LogP contribution in [0.5, 0.6) is 23.5 Å². The minimum atomic E-state index is -1.51. The molecule has 0 radical (unpaired) electrons. The fourth-order valence-corrected chi connectivity index (χ4v) is 5.51. The molecule has 1 aromatic carbocycles. The summed E-state index contributed by atoms with van der Waals surface area (Å²) in [5, 5.41) is 7.16. The zero-order chi connectivity index (χ0) is 29.0. The van der Waals surface area contributed by atoms with Crippen molar-refractivity contribution in [2.45, 2.75) is 51.9 Å². The molecule has 1 fully saturated rings. The zero-order valence-corrected chi connectivity index (χ0v) is 25.1. The van der Waals surface area contributed by atoms with E-state index in [4.69, 9.17) is 18.6 Å². The molecule has 0 aliphatic carbocycles. The highest BCUT2D eigenvalue weighted by atomic mass is 28.3. The van der Waals surface area contributed by atoms with Gasteiger partial charge in [0.1, 0.15) is 11.5 Å². The van der Waals surface area contributed by atoms with Crippen LogP contribution in [0, 0.1) is 6.92 Å². The number of hydrogen-bond acceptors (Lipinski definition) is 9. The molecule has 3 heterocycles. The number of ether oxygens (including phenoxy) is 3. The number of piperidine rings is 1. The molecule has 0 bridgehead atoms. The van der Waals surface area contributed by atoms with E-state index in [1.165, 1.54) is 24.3 Å². The number of methoxy groups -OCH3 is 2. The standard InChI is InChI=1S/C28H37N5O6Si/c1-17-8-10-20(40(5,6)7)16-21(17)39-24-11-9-19(38-24)15-22(34)30-25-26(36-3)31-28(32-27(25)37-4)33-13-12-18(29-2)14-23(33)35/h8-11,16,18,29H,12-15H2,1-7H3,(H,30,34). The van der Waals surface area contributed by atoms with Gasteiger partial charge < -0.3 is 29.3 Å². The molecule has 0 saturated carbocycles. The largest absolute Gasteiger partial charge is 0.479 e. The van der Waals surface area contributed by atoms with Gasteiger partial charge in [-0.05, 0) is 38.1 Å². The van der Waals surface area contributed by atoms with Gasteiger partial charge in [-0.25, -0.2) is 0 Å². The topological polar surface area (TPSA) is 128 Å². The number of nitrogens with one attached hydrogen (secondary N) is 2. The maximum Gasteiger partial charge on any atom is 0.290 e. The van der Waals surface area contributed by atoms with Gasteiger partial charge >= 0.3 is 0 Å². The van der Waals surface area contributed by atoms with Gasteiger partial charge in [0.05, 0.1) is 28.7 Å². The van der Waals surface area contributed by atoms with Crippen LogP contribution in [-0.2, 0) is 16.0 Å². The summed E-state index contributed by atoms with van der Waals surface area (Å²) in [6, 6.07) is 9.76. The van der Waals surface area contributed by atoms with E-state index >= 15 is 0 Å². The van der Waals surface area contributed by atoms with E-state index in [0.29, 0.717) is 24.7 Å². The lowest BCUT2D eigenvalue weighted by Crippen LogP contribution is -2.45. The average molecular weight is 568 g/mol. The van der Waals surface area contributed by atoms with Crippen LogP contribution >= 0.6 is 0 Å². The third kappa shape index (κ3) is 6.62. The summed E-state index contributed by atoms with van der Waals surface area (Å²) in [4.78, 5) is 35.9. The van der Waals surface area contributed by atoms with Crippen molar-refractivity contribution in [1.82, 2.24) is 15.3 Å². The predicted molar refractivity (Wildman–Crippen MR) is 155 cm³/mol. The van der Waals surface area contributed by atoms with Gasteiger partial charge in [0.2, 0.25) is 29.5 Å². The monoisotopic (exact) mass is 567 g/mol. The Morgan fingerprint density at radius 2 is 1.82 bits per heavy atom. The number of aromatic nitrogens is 2. The highest BCUT2D eigenvalue weighted by Gasteiger charge is 2.30. The highest BCUT2D eigenvalue weighted by molar-refractivity contribution is 6.88. The number of aryl methyl sites for hydroxylation is 1. The van der Waals surface area contributed by atoms with Crippen molar-refractivity contribution in [2.24, 2.45) is 0 Å². The van der Waals surface area contributed by atoms with E-state index in [2.05, 4.69) is 58.4 Å². The Balaban J connectivity index is 1.47. The summed E-state index contributed by atoms with van der Waals surface area (Å²) < 4.78 is 22.7. The molecular weight excluding hydrogens is 530 g/mol. The molecule has 1 aliphatic heterocycles. The quantitative estimate of drug-likeness (QED) is 0.353. The molecule has 11 nitrogen and oxygen atoms in total. The van der Waals surface area contributed by atoms with Crippen LogP contribution in [0.15, 0.2) is 34.7 Å². The molecule has 3 aromatic rings. The molecule has 2 amide bonds. The lowest BCUT2D eigenvalue weighted by atomic mass is 10.1.